The second kappa shape index (κ2) is 7.82. The van der Waals surface area contributed by atoms with Gasteiger partial charge in [-0.2, -0.15) is 0 Å². The summed E-state index contributed by atoms with van der Waals surface area (Å²) in [5.41, 5.74) is 1.68. The first-order valence-corrected chi connectivity index (χ1v) is 11.7. The van der Waals surface area contributed by atoms with E-state index in [1.807, 2.05) is 60.7 Å². The molecule has 0 aliphatic carbocycles. The summed E-state index contributed by atoms with van der Waals surface area (Å²) in [7, 11) is -2.64. The van der Waals surface area contributed by atoms with Gasteiger partial charge in [0.1, 0.15) is 15.9 Å². The fraction of sp³-hybridized carbons (Fsp3) is 0.308. The van der Waals surface area contributed by atoms with Crippen molar-refractivity contribution in [3.05, 3.63) is 90.5 Å². The van der Waals surface area contributed by atoms with Gasteiger partial charge in [0.15, 0.2) is 0 Å². The summed E-state index contributed by atoms with van der Waals surface area (Å²) < 4.78 is 0. The zero-order chi connectivity index (χ0) is 20.4. The molecule has 28 heavy (non-hydrogen) atoms. The van der Waals surface area contributed by atoms with Crippen LogP contribution in [0.3, 0.4) is 0 Å². The highest BCUT2D eigenvalue weighted by atomic mass is 31.2. The Kier molecular flexibility index (Phi) is 5.80. The lowest BCUT2D eigenvalue weighted by atomic mass is 9.72. The molecule has 146 valence electrons. The molecule has 0 bridgehead atoms. The minimum Gasteiger partial charge on any atom is -0.235 e. The predicted molar refractivity (Wildman–Crippen MR) is 124 cm³/mol. The molecular weight excluding hydrogens is 359 g/mol. The summed E-state index contributed by atoms with van der Waals surface area (Å²) in [5.74, 6) is 0. The fourth-order valence-corrected chi connectivity index (χ4v) is 6.97. The average Bonchev–Trinajstić information content (AvgIpc) is 2.67. The number of rotatable bonds is 5. The van der Waals surface area contributed by atoms with E-state index in [-0.39, 0.29) is 10.8 Å². The van der Waals surface area contributed by atoms with Crippen LogP contribution in [0.5, 0.6) is 0 Å². The Morgan fingerprint density at radius 1 is 0.607 bits per heavy atom. The topological polar surface area (TPSA) is 20.2 Å². The Morgan fingerprint density at radius 2 is 1.00 bits per heavy atom. The van der Waals surface area contributed by atoms with Crippen molar-refractivity contribution in [2.75, 3.05) is 0 Å². The molecule has 0 atom stereocenters. The number of hydrogen-bond acceptors (Lipinski definition) is 1. The van der Waals surface area contributed by atoms with Crippen molar-refractivity contribution >= 4 is 23.4 Å². The lowest BCUT2D eigenvalue weighted by Gasteiger charge is -2.33. The monoisotopic (exact) mass is 391 g/mol. The molecule has 3 aromatic rings. The minimum absolute atomic E-state index is 0.0901. The Balaban J connectivity index is 2.06. The Morgan fingerprint density at radius 3 is 1.39 bits per heavy atom. The van der Waals surface area contributed by atoms with Crippen LogP contribution in [0.4, 0.5) is 0 Å². The quantitative estimate of drug-likeness (QED) is 0.561. The molecule has 0 fully saturated rings. The zero-order valence-corrected chi connectivity index (χ0v) is 18.6. The summed E-state index contributed by atoms with van der Waals surface area (Å²) in [6, 6.07) is 28.8. The van der Waals surface area contributed by atoms with Crippen molar-refractivity contribution in [1.29, 1.82) is 0 Å². The van der Waals surface area contributed by atoms with Crippen molar-refractivity contribution in [1.82, 2.24) is 0 Å². The van der Waals surface area contributed by atoms with E-state index in [1.165, 1.54) is 5.56 Å². The first-order valence-electron chi connectivity index (χ1n) is 9.97. The van der Waals surface area contributed by atoms with Crippen LogP contribution in [0.1, 0.15) is 46.6 Å². The van der Waals surface area contributed by atoms with Gasteiger partial charge in [-0.15, -0.1) is 0 Å². The van der Waals surface area contributed by atoms with Gasteiger partial charge in [-0.3, -0.25) is 0 Å². The average molecular weight is 392 g/mol. The third-order valence-corrected chi connectivity index (χ3v) is 8.39. The van der Waals surface area contributed by atoms with Crippen molar-refractivity contribution in [2.24, 2.45) is 5.41 Å². The van der Waals surface area contributed by atoms with E-state index in [0.29, 0.717) is 0 Å². The minimum atomic E-state index is -2.64. The van der Waals surface area contributed by atoms with E-state index in [1.54, 1.807) is 0 Å². The molecule has 0 spiro atoms. The van der Waals surface area contributed by atoms with Gasteiger partial charge in [0.05, 0.1) is 0 Å². The lowest BCUT2D eigenvalue weighted by molar-refractivity contribution is 0.284. The van der Waals surface area contributed by atoms with Gasteiger partial charge in [0, 0.05) is 0 Å². The van der Waals surface area contributed by atoms with Crippen LogP contribution in [0.15, 0.2) is 84.9 Å². The van der Waals surface area contributed by atoms with Crippen LogP contribution in [0, 0.1) is 5.41 Å². The van der Waals surface area contributed by atoms with Crippen LogP contribution in [0.2, 0.25) is 0 Å². The van der Waals surface area contributed by atoms with Crippen LogP contribution in [-0.2, 0) is 5.41 Å². The predicted octanol–water partition coefficient (Wildman–Crippen LogP) is 5.60. The molecule has 0 aliphatic rings. The van der Waals surface area contributed by atoms with E-state index in [2.05, 4.69) is 58.9 Å². The zero-order valence-electron chi connectivity index (χ0n) is 17.7. The first-order chi connectivity index (χ1) is 13.1. The Bertz CT molecular complexity index is 851. The third-order valence-electron chi connectivity index (χ3n) is 5.25. The highest BCUT2D eigenvalue weighted by Gasteiger charge is 2.44. The van der Waals surface area contributed by atoms with Gasteiger partial charge in [0.25, 0.3) is 0 Å². The second-order valence-electron chi connectivity index (χ2n) is 9.47. The molecule has 3 rings (SSSR count). The third kappa shape index (κ3) is 4.37. The van der Waals surface area contributed by atoms with Crippen molar-refractivity contribution in [3.8, 4) is 0 Å². The van der Waals surface area contributed by atoms with Gasteiger partial charge in [-0.1, -0.05) is 83.1 Å². The molecule has 0 radical (unpaired) electrons. The van der Waals surface area contributed by atoms with Crippen LogP contribution in [-0.4, -0.2) is 4.89 Å². The molecule has 0 saturated heterocycles. The maximum Gasteiger partial charge on any atom is 0.238 e. The molecule has 0 amide bonds. The molecular formula is C26H32OP+. The van der Waals surface area contributed by atoms with Crippen molar-refractivity contribution < 1.29 is 4.89 Å². The van der Waals surface area contributed by atoms with Gasteiger partial charge in [-0.25, -0.2) is 4.89 Å². The smallest absolute Gasteiger partial charge is 0.235 e. The van der Waals surface area contributed by atoms with E-state index < -0.39 is 7.49 Å². The van der Waals surface area contributed by atoms with Gasteiger partial charge in [-0.05, 0) is 59.2 Å². The fourth-order valence-electron chi connectivity index (χ4n) is 4.29. The summed E-state index contributed by atoms with van der Waals surface area (Å²) in [6.45, 7) is 11.5. The molecule has 1 N–H and O–H groups in total. The Hall–Kier alpha value is -1.95. The highest BCUT2D eigenvalue weighted by molar-refractivity contribution is 7.91. The van der Waals surface area contributed by atoms with E-state index in [0.717, 1.165) is 22.3 Å². The largest absolute Gasteiger partial charge is 0.238 e. The second-order valence-corrected chi connectivity index (χ2v) is 12.3. The summed E-state index contributed by atoms with van der Waals surface area (Å²) in [5, 5.41) is 2.98. The maximum atomic E-state index is 12.0. The Labute approximate surface area is 170 Å². The lowest BCUT2D eigenvalue weighted by Crippen LogP contribution is -2.31. The normalized spacial score (nSPS) is 12.8. The molecule has 0 saturated carbocycles. The van der Waals surface area contributed by atoms with Gasteiger partial charge in [0.2, 0.25) is 7.49 Å². The molecule has 0 aliphatic heterocycles. The number of benzene rings is 3. The summed E-state index contributed by atoms with van der Waals surface area (Å²) >= 11 is 0. The van der Waals surface area contributed by atoms with Crippen molar-refractivity contribution in [2.45, 2.75) is 46.5 Å². The summed E-state index contributed by atoms with van der Waals surface area (Å²) in [4.78, 5) is 12.0. The molecule has 3 aromatic carbocycles. The molecule has 2 heteroatoms. The van der Waals surface area contributed by atoms with Crippen LogP contribution >= 0.6 is 7.49 Å². The standard InChI is InChI=1S/C26H32OP/c1-25(2,3)20-26(4,5)21-16-18-24(19-17-21)28(27,22-12-8-6-9-13-22)23-14-10-7-11-15-23/h6-19,27H,20H2,1-5H3/q+1. The molecule has 0 heterocycles. The highest BCUT2D eigenvalue weighted by Crippen LogP contribution is 2.51. The first kappa shape index (κ1) is 20.8. The van der Waals surface area contributed by atoms with Crippen LogP contribution < -0.4 is 15.9 Å². The van der Waals surface area contributed by atoms with Crippen molar-refractivity contribution in [3.63, 3.8) is 0 Å². The number of hydrogen-bond donors (Lipinski definition) is 1. The molecule has 1 nitrogen and oxygen atoms in total. The molecule has 0 aromatic heterocycles. The van der Waals surface area contributed by atoms with Crippen LogP contribution in [0.25, 0.3) is 0 Å². The maximum absolute atomic E-state index is 12.0. The summed E-state index contributed by atoms with van der Waals surface area (Å²) in [6.07, 6.45) is 1.11. The SMILES string of the molecule is CC(C)(C)CC(C)(C)c1ccc([P+](O)(c2ccccc2)c2ccccc2)cc1. The van der Waals surface area contributed by atoms with Gasteiger partial charge >= 0.3 is 0 Å². The van der Waals surface area contributed by atoms with E-state index in [4.69, 9.17) is 0 Å². The van der Waals surface area contributed by atoms with E-state index >= 15 is 0 Å². The van der Waals surface area contributed by atoms with Gasteiger partial charge < -0.3 is 0 Å². The molecule has 0 unspecified atom stereocenters. The van der Waals surface area contributed by atoms with E-state index in [9.17, 15) is 4.89 Å².